The Balaban J connectivity index is 1.85. The molecule has 0 radical (unpaired) electrons. The van der Waals surface area contributed by atoms with Crippen LogP contribution in [0.15, 0.2) is 4.79 Å². The molecule has 3 N–H and O–H groups in total. The molecule has 0 aromatic carbocycles. The molecule has 1 aromatic rings. The first kappa shape index (κ1) is 17.7. The number of H-pyrrole nitrogens is 1. The van der Waals surface area contributed by atoms with E-state index < -0.39 is 5.60 Å². The molecule has 2 rings (SSSR count). The Hall–Kier alpha value is -1.69. The third-order valence-electron chi connectivity index (χ3n) is 4.59. The molecule has 6 heteroatoms. The second-order valence-corrected chi connectivity index (χ2v) is 6.63. The van der Waals surface area contributed by atoms with Crippen molar-refractivity contribution in [2.75, 3.05) is 6.54 Å². The second-order valence-electron chi connectivity index (χ2n) is 6.63. The molecule has 0 bridgehead atoms. The predicted molar refractivity (Wildman–Crippen MR) is 88.3 cm³/mol. The van der Waals surface area contributed by atoms with Crippen LogP contribution in [0.5, 0.6) is 0 Å². The molecule has 1 heterocycles. The van der Waals surface area contributed by atoms with Gasteiger partial charge in [0.15, 0.2) is 0 Å². The van der Waals surface area contributed by atoms with Gasteiger partial charge in [0.25, 0.3) is 5.56 Å². The maximum absolute atomic E-state index is 12.0. The molecule has 1 saturated carbocycles. The predicted octanol–water partition coefficient (Wildman–Crippen LogP) is 1.52. The zero-order valence-electron chi connectivity index (χ0n) is 14.1. The van der Waals surface area contributed by atoms with E-state index in [1.807, 2.05) is 0 Å². The van der Waals surface area contributed by atoms with Gasteiger partial charge in [-0.2, -0.15) is 0 Å². The van der Waals surface area contributed by atoms with Gasteiger partial charge >= 0.3 is 0 Å². The molecule has 0 saturated heterocycles. The van der Waals surface area contributed by atoms with Crippen molar-refractivity contribution in [2.45, 2.75) is 70.8 Å². The molecule has 0 unspecified atom stereocenters. The highest BCUT2D eigenvalue weighted by atomic mass is 16.3. The number of hydrogen-bond donors (Lipinski definition) is 3. The lowest BCUT2D eigenvalue weighted by Gasteiger charge is -2.26. The minimum atomic E-state index is -0.773. The topological polar surface area (TPSA) is 95.1 Å². The van der Waals surface area contributed by atoms with Crippen LogP contribution >= 0.6 is 0 Å². The summed E-state index contributed by atoms with van der Waals surface area (Å²) in [5.41, 5.74) is 0.274. The normalized spacial score (nSPS) is 17.5. The Bertz CT molecular complexity index is 602. The van der Waals surface area contributed by atoms with E-state index in [0.29, 0.717) is 30.0 Å². The van der Waals surface area contributed by atoms with Gasteiger partial charge in [0.2, 0.25) is 5.91 Å². The number of aromatic amines is 1. The Kier molecular flexibility index (Phi) is 5.93. The van der Waals surface area contributed by atoms with Crippen molar-refractivity contribution >= 4 is 5.91 Å². The van der Waals surface area contributed by atoms with E-state index in [4.69, 9.17) is 0 Å². The number of aliphatic hydroxyl groups is 1. The van der Waals surface area contributed by atoms with Gasteiger partial charge < -0.3 is 15.4 Å². The van der Waals surface area contributed by atoms with E-state index in [2.05, 4.69) is 15.3 Å². The summed E-state index contributed by atoms with van der Waals surface area (Å²) < 4.78 is 0. The van der Waals surface area contributed by atoms with Crippen LogP contribution in [0.2, 0.25) is 0 Å². The highest BCUT2D eigenvalue weighted by molar-refractivity contribution is 5.76. The van der Waals surface area contributed by atoms with Crippen molar-refractivity contribution < 1.29 is 9.90 Å². The maximum atomic E-state index is 12.0. The minimum absolute atomic E-state index is 0.137. The first-order valence-electron chi connectivity index (χ1n) is 8.45. The molecule has 0 aliphatic heterocycles. The monoisotopic (exact) mass is 321 g/mol. The van der Waals surface area contributed by atoms with Gasteiger partial charge in [0.1, 0.15) is 5.82 Å². The van der Waals surface area contributed by atoms with Crippen LogP contribution in [-0.2, 0) is 11.2 Å². The van der Waals surface area contributed by atoms with Gasteiger partial charge in [-0.05, 0) is 33.1 Å². The number of hydrogen-bond acceptors (Lipinski definition) is 4. The number of aryl methyl sites for hydroxylation is 2. The summed E-state index contributed by atoms with van der Waals surface area (Å²) in [5.74, 6) is 0.443. The Morgan fingerprint density at radius 2 is 1.91 bits per heavy atom. The summed E-state index contributed by atoms with van der Waals surface area (Å²) in [7, 11) is 0. The Morgan fingerprint density at radius 3 is 2.52 bits per heavy atom. The fourth-order valence-electron chi connectivity index (χ4n) is 3.20. The van der Waals surface area contributed by atoms with E-state index in [1.54, 1.807) is 13.8 Å². The van der Waals surface area contributed by atoms with E-state index in [0.717, 1.165) is 38.5 Å². The third kappa shape index (κ3) is 5.16. The van der Waals surface area contributed by atoms with Gasteiger partial charge in [-0.25, -0.2) is 4.98 Å². The van der Waals surface area contributed by atoms with Crippen molar-refractivity contribution in [3.63, 3.8) is 0 Å². The van der Waals surface area contributed by atoms with Crippen LogP contribution < -0.4 is 10.9 Å². The number of nitrogens with one attached hydrogen (secondary N) is 2. The summed E-state index contributed by atoms with van der Waals surface area (Å²) in [6, 6.07) is 0. The van der Waals surface area contributed by atoms with E-state index >= 15 is 0 Å². The van der Waals surface area contributed by atoms with Gasteiger partial charge in [-0.3, -0.25) is 9.59 Å². The number of carbonyl (C=O) groups is 1. The molecular formula is C17H27N3O3. The molecule has 128 valence electrons. The first-order chi connectivity index (χ1) is 10.9. The van der Waals surface area contributed by atoms with Crippen LogP contribution in [0.1, 0.15) is 62.0 Å². The van der Waals surface area contributed by atoms with E-state index in [-0.39, 0.29) is 17.9 Å². The van der Waals surface area contributed by atoms with Crippen molar-refractivity contribution in [2.24, 2.45) is 0 Å². The van der Waals surface area contributed by atoms with E-state index in [9.17, 15) is 14.7 Å². The number of carbonyl (C=O) groups excluding carboxylic acids is 1. The molecule has 1 aliphatic carbocycles. The van der Waals surface area contributed by atoms with Gasteiger partial charge in [0, 0.05) is 24.2 Å². The number of rotatable bonds is 5. The minimum Gasteiger partial charge on any atom is -0.388 e. The van der Waals surface area contributed by atoms with Gasteiger partial charge in [0.05, 0.1) is 5.60 Å². The number of aromatic nitrogens is 2. The fraction of sp³-hybridized carbons (Fsp3) is 0.706. The van der Waals surface area contributed by atoms with Crippen molar-refractivity contribution in [3.05, 3.63) is 27.4 Å². The van der Waals surface area contributed by atoms with Gasteiger partial charge in [-0.1, -0.05) is 25.7 Å². The largest absolute Gasteiger partial charge is 0.388 e. The summed E-state index contributed by atoms with van der Waals surface area (Å²) in [4.78, 5) is 30.8. The molecule has 1 fully saturated rings. The van der Waals surface area contributed by atoms with Crippen LogP contribution in [-0.4, -0.2) is 33.1 Å². The van der Waals surface area contributed by atoms with Crippen molar-refractivity contribution in [1.29, 1.82) is 0 Å². The van der Waals surface area contributed by atoms with Crippen molar-refractivity contribution in [1.82, 2.24) is 15.3 Å². The molecule has 1 aliphatic rings. The molecule has 1 aromatic heterocycles. The van der Waals surface area contributed by atoms with Crippen LogP contribution in [0.3, 0.4) is 0 Å². The lowest BCUT2D eigenvalue weighted by molar-refractivity contribution is -0.122. The van der Waals surface area contributed by atoms with Crippen LogP contribution in [0.4, 0.5) is 0 Å². The zero-order valence-corrected chi connectivity index (χ0v) is 14.1. The fourth-order valence-corrected chi connectivity index (χ4v) is 3.20. The quantitative estimate of drug-likeness (QED) is 0.717. The smallest absolute Gasteiger partial charge is 0.254 e. The highest BCUT2D eigenvalue weighted by Gasteiger charge is 2.28. The van der Waals surface area contributed by atoms with E-state index in [1.165, 1.54) is 0 Å². The average molecular weight is 321 g/mol. The van der Waals surface area contributed by atoms with Crippen molar-refractivity contribution in [3.8, 4) is 0 Å². The lowest BCUT2D eigenvalue weighted by Crippen LogP contribution is -2.42. The van der Waals surface area contributed by atoms with Gasteiger partial charge in [-0.15, -0.1) is 0 Å². The molecule has 23 heavy (non-hydrogen) atoms. The molecular weight excluding hydrogens is 294 g/mol. The van der Waals surface area contributed by atoms with Crippen LogP contribution in [0, 0.1) is 13.8 Å². The molecule has 6 nitrogen and oxygen atoms in total. The number of amides is 1. The SMILES string of the molecule is Cc1nc(C)c(CCC(=O)NCC2(O)CCCCCC2)c(=O)[nH]1. The first-order valence-corrected chi connectivity index (χ1v) is 8.45. The molecule has 0 spiro atoms. The number of nitrogens with zero attached hydrogens (tertiary/aromatic N) is 1. The average Bonchev–Trinajstić information content (AvgIpc) is 2.69. The maximum Gasteiger partial charge on any atom is 0.254 e. The summed E-state index contributed by atoms with van der Waals surface area (Å²) in [6.07, 6.45) is 6.40. The lowest BCUT2D eigenvalue weighted by atomic mass is 9.94. The summed E-state index contributed by atoms with van der Waals surface area (Å²) in [5, 5.41) is 13.3. The highest BCUT2D eigenvalue weighted by Crippen LogP contribution is 2.26. The standard InChI is InChI=1S/C17H27N3O3/c1-12-14(16(22)20-13(2)19-12)7-8-15(21)18-11-17(23)9-5-3-4-6-10-17/h23H,3-11H2,1-2H3,(H,18,21)(H,19,20,22). The summed E-state index contributed by atoms with van der Waals surface area (Å²) >= 11 is 0. The summed E-state index contributed by atoms with van der Waals surface area (Å²) in [6.45, 7) is 3.81. The molecule has 1 amide bonds. The molecule has 0 atom stereocenters. The third-order valence-corrected chi connectivity index (χ3v) is 4.59. The second kappa shape index (κ2) is 7.73. The zero-order chi connectivity index (χ0) is 16.9. The Morgan fingerprint density at radius 1 is 1.26 bits per heavy atom. The van der Waals surface area contributed by atoms with Crippen LogP contribution in [0.25, 0.3) is 0 Å². The Labute approximate surface area is 136 Å².